The summed E-state index contributed by atoms with van der Waals surface area (Å²) in [5.74, 6) is 1.06. The minimum absolute atomic E-state index is 0.0644. The molecule has 0 radical (unpaired) electrons. The Balaban J connectivity index is 1.80. The molecule has 164 valence electrons. The number of nitrogens with one attached hydrogen (secondary N) is 1. The van der Waals surface area contributed by atoms with Gasteiger partial charge in [0.1, 0.15) is 5.76 Å². The van der Waals surface area contributed by atoms with E-state index in [-0.39, 0.29) is 22.8 Å². The second-order valence-corrected chi connectivity index (χ2v) is 10.7. The highest BCUT2D eigenvalue weighted by molar-refractivity contribution is 5.91. The van der Waals surface area contributed by atoms with Gasteiger partial charge in [-0.05, 0) is 86.0 Å². The molecule has 1 aliphatic carbocycles. The van der Waals surface area contributed by atoms with E-state index in [2.05, 4.69) is 57.0 Å². The van der Waals surface area contributed by atoms with Crippen molar-refractivity contribution in [2.75, 3.05) is 20.6 Å². The van der Waals surface area contributed by atoms with E-state index in [1.54, 1.807) is 6.07 Å². The third kappa shape index (κ3) is 4.80. The molecule has 30 heavy (non-hydrogen) atoms. The van der Waals surface area contributed by atoms with E-state index in [9.17, 15) is 4.79 Å². The van der Waals surface area contributed by atoms with Crippen molar-refractivity contribution < 1.29 is 9.21 Å². The molecule has 1 heterocycles. The number of aryl methyl sites for hydroxylation is 1. The van der Waals surface area contributed by atoms with Gasteiger partial charge in [0.2, 0.25) is 0 Å². The summed E-state index contributed by atoms with van der Waals surface area (Å²) >= 11 is 0. The van der Waals surface area contributed by atoms with Gasteiger partial charge in [-0.1, -0.05) is 39.8 Å². The summed E-state index contributed by atoms with van der Waals surface area (Å²) in [4.78, 5) is 14.5. The fraction of sp³-hybridized carbons (Fsp3) is 0.577. The predicted octanol–water partition coefficient (Wildman–Crippen LogP) is 5.21. The first-order chi connectivity index (χ1) is 13.9. The smallest absolute Gasteiger partial charge is 0.287 e. The number of rotatable bonds is 6. The molecule has 0 aliphatic heterocycles. The van der Waals surface area contributed by atoms with E-state index < -0.39 is 0 Å². The summed E-state index contributed by atoms with van der Waals surface area (Å²) < 4.78 is 5.92. The second-order valence-electron chi connectivity index (χ2n) is 10.7. The number of fused-ring (bicyclic) bond motifs is 1. The van der Waals surface area contributed by atoms with E-state index in [1.807, 2.05) is 27.1 Å². The molecule has 4 nitrogen and oxygen atoms in total. The SMILES string of the molecule is Cc1cc2c(cc1Cc1ccc(C(=O)NC(C)CN(C)C)o1)C(C)(C)CCC2(C)C. The number of benzene rings is 1. The molecule has 0 spiro atoms. The molecule has 1 atom stereocenters. The molecule has 4 heteroatoms. The lowest BCUT2D eigenvalue weighted by molar-refractivity contribution is 0.0904. The normalized spacial score (nSPS) is 18.2. The number of likely N-dealkylation sites (N-methyl/N-ethyl adjacent to an activating group) is 1. The Morgan fingerprint density at radius 1 is 1.10 bits per heavy atom. The van der Waals surface area contributed by atoms with Crippen molar-refractivity contribution in [3.63, 3.8) is 0 Å². The lowest BCUT2D eigenvalue weighted by atomic mass is 9.62. The molecular weight excluding hydrogens is 372 g/mol. The molecule has 1 unspecified atom stereocenters. The molecule has 1 amide bonds. The van der Waals surface area contributed by atoms with E-state index in [1.165, 1.54) is 35.1 Å². The molecule has 3 rings (SSSR count). The van der Waals surface area contributed by atoms with E-state index >= 15 is 0 Å². The van der Waals surface area contributed by atoms with Gasteiger partial charge < -0.3 is 14.6 Å². The van der Waals surface area contributed by atoms with Crippen LogP contribution in [0, 0.1) is 6.92 Å². The van der Waals surface area contributed by atoms with Gasteiger partial charge in [-0.2, -0.15) is 0 Å². The Hall–Kier alpha value is -2.07. The zero-order valence-corrected chi connectivity index (χ0v) is 20.0. The highest BCUT2D eigenvalue weighted by Crippen LogP contribution is 2.46. The van der Waals surface area contributed by atoms with Crippen LogP contribution in [0.3, 0.4) is 0 Å². The van der Waals surface area contributed by atoms with Gasteiger partial charge in [0.25, 0.3) is 5.91 Å². The van der Waals surface area contributed by atoms with Gasteiger partial charge in [-0.15, -0.1) is 0 Å². The number of hydrogen-bond donors (Lipinski definition) is 1. The molecule has 1 aliphatic rings. The second kappa shape index (κ2) is 8.22. The van der Waals surface area contributed by atoms with Crippen LogP contribution in [0.15, 0.2) is 28.7 Å². The van der Waals surface area contributed by atoms with E-state index in [0.29, 0.717) is 12.2 Å². The van der Waals surface area contributed by atoms with Crippen LogP contribution < -0.4 is 5.32 Å². The Labute approximate surface area is 182 Å². The number of furan rings is 1. The Morgan fingerprint density at radius 3 is 2.30 bits per heavy atom. The van der Waals surface area contributed by atoms with Crippen molar-refractivity contribution in [3.8, 4) is 0 Å². The van der Waals surface area contributed by atoms with Gasteiger partial charge in [0.15, 0.2) is 5.76 Å². The highest BCUT2D eigenvalue weighted by Gasteiger charge is 2.37. The summed E-state index contributed by atoms with van der Waals surface area (Å²) in [6, 6.07) is 8.54. The van der Waals surface area contributed by atoms with Crippen LogP contribution in [-0.4, -0.2) is 37.5 Å². The third-order valence-corrected chi connectivity index (χ3v) is 6.58. The van der Waals surface area contributed by atoms with Crippen LogP contribution in [0.2, 0.25) is 0 Å². The van der Waals surface area contributed by atoms with Crippen molar-refractivity contribution in [1.82, 2.24) is 10.2 Å². The van der Waals surface area contributed by atoms with Gasteiger partial charge >= 0.3 is 0 Å². The fourth-order valence-electron chi connectivity index (χ4n) is 4.63. The number of carbonyl (C=O) groups is 1. The minimum atomic E-state index is -0.152. The summed E-state index contributed by atoms with van der Waals surface area (Å²) in [6.45, 7) is 14.4. The Bertz CT molecular complexity index is 921. The molecule has 1 aromatic heterocycles. The average molecular weight is 411 g/mol. The first-order valence-electron chi connectivity index (χ1n) is 11.1. The van der Waals surface area contributed by atoms with Crippen LogP contribution in [0.1, 0.15) is 86.0 Å². The summed E-state index contributed by atoms with van der Waals surface area (Å²) in [5, 5.41) is 3.00. The molecule has 2 aromatic rings. The zero-order chi connectivity index (χ0) is 22.3. The predicted molar refractivity (Wildman–Crippen MR) is 123 cm³/mol. The van der Waals surface area contributed by atoms with Gasteiger partial charge in [-0.25, -0.2) is 0 Å². The quantitative estimate of drug-likeness (QED) is 0.711. The van der Waals surface area contributed by atoms with Crippen molar-refractivity contribution in [2.24, 2.45) is 0 Å². The Kier molecular flexibility index (Phi) is 6.20. The largest absolute Gasteiger partial charge is 0.456 e. The van der Waals surface area contributed by atoms with E-state index in [4.69, 9.17) is 4.42 Å². The number of nitrogens with zero attached hydrogens (tertiary/aromatic N) is 1. The van der Waals surface area contributed by atoms with Crippen LogP contribution in [0.5, 0.6) is 0 Å². The summed E-state index contributed by atoms with van der Waals surface area (Å²) in [5.41, 5.74) is 5.91. The first kappa shape index (κ1) is 22.6. The molecule has 1 N–H and O–H groups in total. The van der Waals surface area contributed by atoms with Crippen molar-refractivity contribution >= 4 is 5.91 Å². The van der Waals surface area contributed by atoms with Crippen molar-refractivity contribution in [2.45, 2.75) is 77.7 Å². The molecule has 0 saturated carbocycles. The maximum atomic E-state index is 12.5. The first-order valence-corrected chi connectivity index (χ1v) is 11.1. The zero-order valence-electron chi connectivity index (χ0n) is 20.0. The van der Waals surface area contributed by atoms with Crippen LogP contribution in [0.4, 0.5) is 0 Å². The minimum Gasteiger partial charge on any atom is -0.456 e. The summed E-state index contributed by atoms with van der Waals surface area (Å²) in [7, 11) is 3.99. The Morgan fingerprint density at radius 2 is 1.70 bits per heavy atom. The average Bonchev–Trinajstić information content (AvgIpc) is 3.08. The van der Waals surface area contributed by atoms with E-state index in [0.717, 1.165) is 12.3 Å². The van der Waals surface area contributed by atoms with Crippen LogP contribution in [0.25, 0.3) is 0 Å². The van der Waals surface area contributed by atoms with Crippen LogP contribution in [-0.2, 0) is 17.3 Å². The summed E-state index contributed by atoms with van der Waals surface area (Å²) in [6.07, 6.45) is 3.12. The van der Waals surface area contributed by atoms with Gasteiger partial charge in [0, 0.05) is 19.0 Å². The molecule has 0 fully saturated rings. The monoisotopic (exact) mass is 410 g/mol. The van der Waals surface area contributed by atoms with Crippen molar-refractivity contribution in [3.05, 3.63) is 58.0 Å². The molecular formula is C26H38N2O2. The van der Waals surface area contributed by atoms with Gasteiger partial charge in [-0.3, -0.25) is 4.79 Å². The van der Waals surface area contributed by atoms with Crippen LogP contribution >= 0.6 is 0 Å². The molecule has 0 bridgehead atoms. The lowest BCUT2D eigenvalue weighted by Gasteiger charge is -2.42. The number of hydrogen-bond acceptors (Lipinski definition) is 3. The maximum Gasteiger partial charge on any atom is 0.287 e. The highest BCUT2D eigenvalue weighted by atomic mass is 16.3. The number of amides is 1. The lowest BCUT2D eigenvalue weighted by Crippen LogP contribution is -2.39. The third-order valence-electron chi connectivity index (χ3n) is 6.58. The standard InChI is InChI=1S/C26H38N2O2/c1-17-13-21-22(26(5,6)12-11-25(21,3)4)15-19(17)14-20-9-10-23(30-20)24(29)27-18(2)16-28(7)8/h9-10,13,15,18H,11-12,14,16H2,1-8H3,(H,27,29). The topological polar surface area (TPSA) is 45.5 Å². The fourth-order valence-corrected chi connectivity index (χ4v) is 4.63. The number of carbonyl (C=O) groups excluding carboxylic acids is 1. The molecule has 0 saturated heterocycles. The maximum absolute atomic E-state index is 12.5. The van der Waals surface area contributed by atoms with Crippen molar-refractivity contribution in [1.29, 1.82) is 0 Å². The van der Waals surface area contributed by atoms with Gasteiger partial charge in [0.05, 0.1) is 0 Å². The molecule has 1 aromatic carbocycles.